The normalized spacial score (nSPS) is 10.8. The van der Waals surface area contributed by atoms with E-state index in [-0.39, 0.29) is 6.61 Å². The molecular weight excluding hydrogens is 182 g/mol. The molecule has 1 N–H and O–H groups in total. The Hall–Kier alpha value is -1.62. The van der Waals surface area contributed by atoms with Crippen molar-refractivity contribution < 1.29 is 9.52 Å². The van der Waals surface area contributed by atoms with Gasteiger partial charge in [0.05, 0.1) is 12.3 Å². The van der Waals surface area contributed by atoms with E-state index >= 15 is 0 Å². The van der Waals surface area contributed by atoms with E-state index in [0.29, 0.717) is 11.7 Å². The van der Waals surface area contributed by atoms with Gasteiger partial charge in [-0.3, -0.25) is 4.57 Å². The molecule has 2 aromatic heterocycles. The fraction of sp³-hybridized carbons (Fsp3) is 0.333. The average Bonchev–Trinajstić information content (AvgIpc) is 2.75. The highest BCUT2D eigenvalue weighted by atomic mass is 16.4. The molecule has 0 bridgehead atoms. The summed E-state index contributed by atoms with van der Waals surface area (Å²) in [7, 11) is 0. The number of aliphatic hydroxyl groups excluding tert-OH is 1. The molecule has 0 aliphatic heterocycles. The number of aliphatic hydroxyl groups is 1. The maximum Gasteiger partial charge on any atom is 0.307 e. The predicted molar refractivity (Wildman–Crippen MR) is 49.0 cm³/mol. The zero-order valence-corrected chi connectivity index (χ0v) is 8.06. The summed E-state index contributed by atoms with van der Waals surface area (Å²) in [6.07, 6.45) is 3.09. The van der Waals surface area contributed by atoms with Crippen LogP contribution in [-0.2, 0) is 6.61 Å². The van der Waals surface area contributed by atoms with Gasteiger partial charge in [-0.15, -0.1) is 0 Å². The molecule has 0 amide bonds. The summed E-state index contributed by atoms with van der Waals surface area (Å²) >= 11 is 0. The van der Waals surface area contributed by atoms with Gasteiger partial charge >= 0.3 is 6.01 Å². The minimum Gasteiger partial charge on any atom is -0.431 e. The van der Waals surface area contributed by atoms with Crippen molar-refractivity contribution in [3.05, 3.63) is 29.7 Å². The van der Waals surface area contributed by atoms with Gasteiger partial charge in [0.15, 0.2) is 0 Å². The first-order valence-electron chi connectivity index (χ1n) is 4.28. The summed E-state index contributed by atoms with van der Waals surface area (Å²) < 4.78 is 6.93. The summed E-state index contributed by atoms with van der Waals surface area (Å²) in [6.45, 7) is 3.74. The fourth-order valence-electron chi connectivity index (χ4n) is 1.17. The first kappa shape index (κ1) is 8.96. The number of hydrogen-bond donors (Lipinski definition) is 1. The van der Waals surface area contributed by atoms with Crippen LogP contribution in [-0.4, -0.2) is 19.6 Å². The van der Waals surface area contributed by atoms with Crippen LogP contribution in [0.3, 0.4) is 0 Å². The van der Waals surface area contributed by atoms with E-state index in [2.05, 4.69) is 9.97 Å². The fourth-order valence-corrected chi connectivity index (χ4v) is 1.17. The van der Waals surface area contributed by atoms with E-state index in [1.54, 1.807) is 10.9 Å². The molecule has 0 atom stereocenters. The molecule has 0 fully saturated rings. The molecule has 2 rings (SSSR count). The summed E-state index contributed by atoms with van der Waals surface area (Å²) in [5, 5.41) is 8.82. The van der Waals surface area contributed by atoms with Gasteiger partial charge in [-0.25, -0.2) is 4.98 Å². The number of aryl methyl sites for hydroxylation is 1. The zero-order chi connectivity index (χ0) is 10.1. The third kappa shape index (κ3) is 1.31. The van der Waals surface area contributed by atoms with Crippen LogP contribution in [0.2, 0.25) is 0 Å². The predicted octanol–water partition coefficient (Wildman–Crippen LogP) is 0.969. The smallest absolute Gasteiger partial charge is 0.307 e. The van der Waals surface area contributed by atoms with Crippen molar-refractivity contribution in [3.63, 3.8) is 0 Å². The Morgan fingerprint density at radius 3 is 2.79 bits per heavy atom. The summed E-state index contributed by atoms with van der Waals surface area (Å²) in [6, 6.07) is 0.437. The van der Waals surface area contributed by atoms with Crippen LogP contribution in [0.15, 0.2) is 17.0 Å². The van der Waals surface area contributed by atoms with Gasteiger partial charge in [-0.05, 0) is 13.8 Å². The summed E-state index contributed by atoms with van der Waals surface area (Å²) in [5.74, 6) is 0. The van der Waals surface area contributed by atoms with E-state index in [4.69, 9.17) is 9.52 Å². The third-order valence-corrected chi connectivity index (χ3v) is 2.16. The Morgan fingerprint density at radius 2 is 2.29 bits per heavy atom. The standard InChI is InChI=1S/C9H11N3O2/c1-6-7(2)12(5-10-6)9-11-8(3-13)4-14-9/h4-5,13H,3H2,1-2H3. The lowest BCUT2D eigenvalue weighted by Gasteiger charge is -1.97. The van der Waals surface area contributed by atoms with Crippen LogP contribution in [0.5, 0.6) is 0 Å². The zero-order valence-electron chi connectivity index (χ0n) is 8.06. The maximum atomic E-state index is 8.82. The molecule has 14 heavy (non-hydrogen) atoms. The molecular formula is C9H11N3O2. The van der Waals surface area contributed by atoms with Gasteiger partial charge in [0.2, 0.25) is 0 Å². The first-order valence-corrected chi connectivity index (χ1v) is 4.28. The molecule has 0 aromatic carbocycles. The largest absolute Gasteiger partial charge is 0.431 e. The molecule has 0 spiro atoms. The average molecular weight is 193 g/mol. The Balaban J connectivity index is 2.44. The van der Waals surface area contributed by atoms with Gasteiger partial charge in [0.25, 0.3) is 0 Å². The first-order chi connectivity index (χ1) is 6.72. The van der Waals surface area contributed by atoms with Gasteiger partial charge in [-0.2, -0.15) is 4.98 Å². The minimum absolute atomic E-state index is 0.115. The van der Waals surface area contributed by atoms with E-state index in [1.807, 2.05) is 13.8 Å². The Labute approximate surface area is 81.0 Å². The molecule has 74 valence electrons. The second-order valence-corrected chi connectivity index (χ2v) is 3.06. The summed E-state index contributed by atoms with van der Waals surface area (Å²) in [5.41, 5.74) is 2.44. The molecule has 0 aliphatic carbocycles. The highest BCUT2D eigenvalue weighted by molar-refractivity contribution is 5.19. The molecule has 5 nitrogen and oxygen atoms in total. The lowest BCUT2D eigenvalue weighted by Crippen LogP contribution is -1.96. The van der Waals surface area contributed by atoms with Crippen LogP contribution >= 0.6 is 0 Å². The summed E-state index contributed by atoms with van der Waals surface area (Å²) in [4.78, 5) is 8.21. The topological polar surface area (TPSA) is 64.1 Å². The number of oxazole rings is 1. The second kappa shape index (κ2) is 3.26. The van der Waals surface area contributed by atoms with Gasteiger partial charge in [0.1, 0.15) is 18.3 Å². The number of nitrogens with zero attached hydrogens (tertiary/aromatic N) is 3. The minimum atomic E-state index is -0.115. The molecule has 2 aromatic rings. The van der Waals surface area contributed by atoms with Gasteiger partial charge in [-0.1, -0.05) is 0 Å². The van der Waals surface area contributed by atoms with Crippen molar-refractivity contribution in [2.45, 2.75) is 20.5 Å². The molecule has 5 heteroatoms. The highest BCUT2D eigenvalue weighted by Gasteiger charge is 2.09. The van der Waals surface area contributed by atoms with Gasteiger partial charge < -0.3 is 9.52 Å². The quantitative estimate of drug-likeness (QED) is 0.771. The van der Waals surface area contributed by atoms with Crippen LogP contribution in [0.25, 0.3) is 6.01 Å². The van der Waals surface area contributed by atoms with Crippen molar-refractivity contribution >= 4 is 0 Å². The van der Waals surface area contributed by atoms with E-state index in [9.17, 15) is 0 Å². The molecule has 0 radical (unpaired) electrons. The lowest BCUT2D eigenvalue weighted by atomic mass is 10.4. The van der Waals surface area contributed by atoms with Crippen molar-refractivity contribution in [1.29, 1.82) is 0 Å². The SMILES string of the molecule is Cc1ncn(-c2nc(CO)co2)c1C. The van der Waals surface area contributed by atoms with E-state index in [0.717, 1.165) is 11.4 Å². The number of rotatable bonds is 2. The van der Waals surface area contributed by atoms with Crippen molar-refractivity contribution in [1.82, 2.24) is 14.5 Å². The van der Waals surface area contributed by atoms with Crippen LogP contribution in [0.4, 0.5) is 0 Å². The number of aromatic nitrogens is 3. The molecule has 0 aliphatic rings. The van der Waals surface area contributed by atoms with Crippen molar-refractivity contribution in [2.24, 2.45) is 0 Å². The Morgan fingerprint density at radius 1 is 1.50 bits per heavy atom. The van der Waals surface area contributed by atoms with E-state index < -0.39 is 0 Å². The second-order valence-electron chi connectivity index (χ2n) is 3.06. The number of imidazole rings is 1. The molecule has 2 heterocycles. The molecule has 0 saturated heterocycles. The van der Waals surface area contributed by atoms with E-state index in [1.165, 1.54) is 6.26 Å². The molecule has 0 unspecified atom stereocenters. The molecule has 0 saturated carbocycles. The van der Waals surface area contributed by atoms with Gasteiger partial charge in [0, 0.05) is 5.69 Å². The number of hydrogen-bond acceptors (Lipinski definition) is 4. The monoisotopic (exact) mass is 193 g/mol. The van der Waals surface area contributed by atoms with Crippen LogP contribution < -0.4 is 0 Å². The van der Waals surface area contributed by atoms with Crippen LogP contribution in [0, 0.1) is 13.8 Å². The Bertz CT molecular complexity index is 445. The third-order valence-electron chi connectivity index (χ3n) is 2.16. The maximum absolute atomic E-state index is 8.82. The highest BCUT2D eigenvalue weighted by Crippen LogP contribution is 2.12. The van der Waals surface area contributed by atoms with Crippen molar-refractivity contribution in [2.75, 3.05) is 0 Å². The van der Waals surface area contributed by atoms with Crippen molar-refractivity contribution in [3.8, 4) is 6.01 Å². The lowest BCUT2D eigenvalue weighted by molar-refractivity contribution is 0.276. The van der Waals surface area contributed by atoms with Crippen LogP contribution in [0.1, 0.15) is 17.1 Å². The Kier molecular flexibility index (Phi) is 2.09.